The zero-order valence-electron chi connectivity index (χ0n) is 10.8. The Balaban J connectivity index is 2.06. The Hall–Kier alpha value is -2.64. The number of carbonyl (C=O) groups is 1. The van der Waals surface area contributed by atoms with Gasteiger partial charge in [0.05, 0.1) is 5.56 Å². The van der Waals surface area contributed by atoms with Crippen molar-refractivity contribution in [1.82, 2.24) is 10.3 Å². The molecule has 0 atom stereocenters. The van der Waals surface area contributed by atoms with Gasteiger partial charge in [-0.2, -0.15) is 0 Å². The largest absolute Gasteiger partial charge is 0.384 e. The number of aliphatic hydroxyl groups excluding tert-OH is 1. The molecule has 0 saturated heterocycles. The fourth-order valence-corrected chi connectivity index (χ4v) is 1.71. The molecule has 0 aliphatic carbocycles. The summed E-state index contributed by atoms with van der Waals surface area (Å²) in [5, 5.41) is 11.6. The molecule has 0 unspecified atom stereocenters. The summed E-state index contributed by atoms with van der Waals surface area (Å²) < 4.78 is 0. The topological polar surface area (TPSA) is 62.2 Å². The summed E-state index contributed by atoms with van der Waals surface area (Å²) in [6.45, 7) is 0.195. The molecule has 1 amide bonds. The minimum atomic E-state index is -0.184. The van der Waals surface area contributed by atoms with Gasteiger partial charge in [0.15, 0.2) is 0 Å². The number of nitrogens with one attached hydrogen (secondary N) is 1. The second kappa shape index (κ2) is 7.07. The Morgan fingerprint density at radius 1 is 1.25 bits per heavy atom. The molecule has 0 spiro atoms. The molecular formula is C16H14N2O2. The summed E-state index contributed by atoms with van der Waals surface area (Å²) in [6, 6.07) is 10.9. The van der Waals surface area contributed by atoms with Gasteiger partial charge in [-0.05, 0) is 23.8 Å². The van der Waals surface area contributed by atoms with Crippen molar-refractivity contribution in [2.24, 2.45) is 0 Å². The predicted octanol–water partition coefficient (Wildman–Crippen LogP) is 1.36. The van der Waals surface area contributed by atoms with E-state index in [0.717, 1.165) is 11.1 Å². The average Bonchev–Trinajstić information content (AvgIpc) is 2.52. The highest BCUT2D eigenvalue weighted by Gasteiger charge is 2.06. The smallest absolute Gasteiger partial charge is 0.253 e. The first-order valence-corrected chi connectivity index (χ1v) is 6.17. The van der Waals surface area contributed by atoms with Crippen LogP contribution in [0.15, 0.2) is 48.8 Å². The number of nitrogens with zero attached hydrogens (tertiary/aromatic N) is 1. The number of hydrogen-bond acceptors (Lipinski definition) is 3. The Labute approximate surface area is 117 Å². The van der Waals surface area contributed by atoms with Gasteiger partial charge in [0.2, 0.25) is 0 Å². The highest BCUT2D eigenvalue weighted by molar-refractivity contribution is 5.93. The van der Waals surface area contributed by atoms with Crippen LogP contribution in [0.2, 0.25) is 0 Å². The van der Waals surface area contributed by atoms with Crippen LogP contribution in [0.25, 0.3) is 0 Å². The molecule has 0 radical (unpaired) electrons. The lowest BCUT2D eigenvalue weighted by Crippen LogP contribution is -2.23. The second-order valence-electron chi connectivity index (χ2n) is 4.04. The lowest BCUT2D eigenvalue weighted by molar-refractivity contribution is 0.0950. The van der Waals surface area contributed by atoms with E-state index in [1.54, 1.807) is 18.3 Å². The van der Waals surface area contributed by atoms with E-state index >= 15 is 0 Å². The van der Waals surface area contributed by atoms with Crippen LogP contribution < -0.4 is 5.32 Å². The number of aromatic nitrogens is 1. The molecule has 0 fully saturated rings. The monoisotopic (exact) mass is 266 g/mol. The molecule has 1 heterocycles. The van der Waals surface area contributed by atoms with Crippen LogP contribution in [0.4, 0.5) is 0 Å². The van der Waals surface area contributed by atoms with Gasteiger partial charge >= 0.3 is 0 Å². The first-order chi connectivity index (χ1) is 9.81. The van der Waals surface area contributed by atoms with E-state index in [0.29, 0.717) is 12.1 Å². The molecule has 4 heteroatoms. The molecule has 2 N–H and O–H groups in total. The molecular weight excluding hydrogens is 252 g/mol. The highest BCUT2D eigenvalue weighted by Crippen LogP contribution is 2.07. The second-order valence-corrected chi connectivity index (χ2v) is 4.04. The number of pyridine rings is 1. The normalized spacial score (nSPS) is 9.45. The molecule has 0 aliphatic rings. The summed E-state index contributed by atoms with van der Waals surface area (Å²) >= 11 is 0. The number of benzene rings is 1. The summed E-state index contributed by atoms with van der Waals surface area (Å²) in [5.41, 5.74) is 2.23. The van der Waals surface area contributed by atoms with Gasteiger partial charge in [-0.25, -0.2) is 0 Å². The van der Waals surface area contributed by atoms with E-state index in [9.17, 15) is 4.79 Å². The fraction of sp³-hybridized carbons (Fsp3) is 0.125. The Kier molecular flexibility index (Phi) is 4.87. The zero-order chi connectivity index (χ0) is 14.2. The van der Waals surface area contributed by atoms with Crippen molar-refractivity contribution in [2.75, 3.05) is 6.61 Å². The number of carbonyl (C=O) groups excluding carboxylic acids is 1. The van der Waals surface area contributed by atoms with Gasteiger partial charge < -0.3 is 10.4 Å². The fourth-order valence-electron chi connectivity index (χ4n) is 1.71. The van der Waals surface area contributed by atoms with Gasteiger partial charge in [0.1, 0.15) is 6.61 Å². The average molecular weight is 266 g/mol. The van der Waals surface area contributed by atoms with Crippen LogP contribution in [0.1, 0.15) is 21.5 Å². The van der Waals surface area contributed by atoms with Crippen LogP contribution in [0.3, 0.4) is 0 Å². The lowest BCUT2D eigenvalue weighted by Gasteiger charge is -2.07. The van der Waals surface area contributed by atoms with Crippen LogP contribution in [0, 0.1) is 11.8 Å². The van der Waals surface area contributed by atoms with Crippen molar-refractivity contribution in [1.29, 1.82) is 0 Å². The number of hydrogen-bond donors (Lipinski definition) is 2. The first kappa shape index (κ1) is 13.8. The molecule has 4 nitrogen and oxygen atoms in total. The van der Waals surface area contributed by atoms with Crippen LogP contribution >= 0.6 is 0 Å². The van der Waals surface area contributed by atoms with Crippen molar-refractivity contribution < 1.29 is 9.90 Å². The molecule has 2 aromatic rings. The van der Waals surface area contributed by atoms with Crippen LogP contribution in [0.5, 0.6) is 0 Å². The standard InChI is InChI=1S/C16H14N2O2/c19-10-4-8-13-5-1-2-6-14(13)12-18-16(20)15-7-3-9-17-11-15/h1-3,5-7,9,11,19H,10,12H2,(H,18,20). The van der Waals surface area contributed by atoms with Gasteiger partial charge in [0, 0.05) is 24.5 Å². The molecule has 2 rings (SSSR count). The number of aliphatic hydroxyl groups is 1. The Morgan fingerprint density at radius 3 is 2.85 bits per heavy atom. The van der Waals surface area contributed by atoms with E-state index < -0.39 is 0 Å². The van der Waals surface area contributed by atoms with Gasteiger partial charge in [-0.1, -0.05) is 30.0 Å². The lowest BCUT2D eigenvalue weighted by atomic mass is 10.1. The van der Waals surface area contributed by atoms with Gasteiger partial charge in [-0.15, -0.1) is 0 Å². The SMILES string of the molecule is O=C(NCc1ccccc1C#CCO)c1cccnc1. The summed E-state index contributed by atoms with van der Waals surface area (Å²) in [5.74, 6) is 5.29. The van der Waals surface area contributed by atoms with Crippen LogP contribution in [-0.4, -0.2) is 22.6 Å². The number of rotatable bonds is 3. The van der Waals surface area contributed by atoms with Crippen molar-refractivity contribution in [3.8, 4) is 11.8 Å². The maximum Gasteiger partial charge on any atom is 0.253 e. The van der Waals surface area contributed by atoms with E-state index in [2.05, 4.69) is 22.1 Å². The quantitative estimate of drug-likeness (QED) is 0.824. The molecule has 1 aromatic heterocycles. The summed E-state index contributed by atoms with van der Waals surface area (Å²) in [4.78, 5) is 15.8. The third-order valence-corrected chi connectivity index (χ3v) is 2.68. The third-order valence-electron chi connectivity index (χ3n) is 2.68. The maximum absolute atomic E-state index is 11.9. The molecule has 1 aromatic carbocycles. The third kappa shape index (κ3) is 3.67. The summed E-state index contributed by atoms with van der Waals surface area (Å²) in [7, 11) is 0. The van der Waals surface area contributed by atoms with Crippen molar-refractivity contribution in [3.05, 3.63) is 65.5 Å². The predicted molar refractivity (Wildman–Crippen MR) is 75.8 cm³/mol. The maximum atomic E-state index is 11.9. The molecule has 0 saturated carbocycles. The molecule has 0 bridgehead atoms. The number of amides is 1. The van der Waals surface area contributed by atoms with E-state index in [-0.39, 0.29) is 12.5 Å². The molecule has 0 aliphatic heterocycles. The van der Waals surface area contributed by atoms with Crippen molar-refractivity contribution >= 4 is 5.91 Å². The minimum Gasteiger partial charge on any atom is -0.384 e. The van der Waals surface area contributed by atoms with E-state index in [1.165, 1.54) is 6.20 Å². The molecule has 20 heavy (non-hydrogen) atoms. The Bertz CT molecular complexity index is 642. The van der Waals surface area contributed by atoms with Gasteiger partial charge in [0.25, 0.3) is 5.91 Å². The first-order valence-electron chi connectivity index (χ1n) is 6.17. The van der Waals surface area contributed by atoms with E-state index in [1.807, 2.05) is 24.3 Å². The zero-order valence-corrected chi connectivity index (χ0v) is 10.8. The van der Waals surface area contributed by atoms with Crippen LogP contribution in [-0.2, 0) is 6.54 Å². The van der Waals surface area contributed by atoms with Crippen molar-refractivity contribution in [3.63, 3.8) is 0 Å². The van der Waals surface area contributed by atoms with Crippen molar-refractivity contribution in [2.45, 2.75) is 6.54 Å². The Morgan fingerprint density at radius 2 is 2.10 bits per heavy atom. The minimum absolute atomic E-state index is 0.178. The molecule has 100 valence electrons. The van der Waals surface area contributed by atoms with Gasteiger partial charge in [-0.3, -0.25) is 9.78 Å². The highest BCUT2D eigenvalue weighted by atomic mass is 16.2. The summed E-state index contributed by atoms with van der Waals surface area (Å²) in [6.07, 6.45) is 3.14. The van der Waals surface area contributed by atoms with E-state index in [4.69, 9.17) is 5.11 Å².